The molecule has 0 saturated carbocycles. The molecular weight excluding hydrogens is 322 g/mol. The highest BCUT2D eigenvalue weighted by Gasteiger charge is 2.23. The zero-order valence-corrected chi connectivity index (χ0v) is 13.8. The van der Waals surface area contributed by atoms with Crippen LogP contribution < -0.4 is 10.9 Å². The number of fused-ring (bicyclic) bond motifs is 1. The molecule has 0 fully saturated rings. The van der Waals surface area contributed by atoms with Gasteiger partial charge in [-0.1, -0.05) is 59.6 Å². The molecule has 0 bridgehead atoms. The van der Waals surface area contributed by atoms with Gasteiger partial charge in [-0.05, 0) is 18.6 Å². The van der Waals surface area contributed by atoms with Gasteiger partial charge in [-0.2, -0.15) is 0 Å². The Hall–Kier alpha value is -2.65. The molecule has 0 aliphatic heterocycles. The lowest BCUT2D eigenvalue weighted by Gasteiger charge is -2.06. The van der Waals surface area contributed by atoms with Gasteiger partial charge in [-0.15, -0.1) is 0 Å². The quantitative estimate of drug-likeness (QED) is 0.532. The van der Waals surface area contributed by atoms with Crippen LogP contribution in [0.15, 0.2) is 64.3 Å². The van der Waals surface area contributed by atoms with E-state index in [0.717, 1.165) is 16.5 Å². The van der Waals surface area contributed by atoms with Crippen molar-refractivity contribution in [2.24, 2.45) is 0 Å². The zero-order valence-electron chi connectivity index (χ0n) is 13.0. The van der Waals surface area contributed by atoms with Crippen LogP contribution in [0, 0.1) is 6.92 Å². The van der Waals surface area contributed by atoms with Crippen LogP contribution in [0.3, 0.4) is 0 Å². The highest BCUT2D eigenvalue weighted by atomic mass is 35.5. The van der Waals surface area contributed by atoms with E-state index in [-0.39, 0.29) is 5.02 Å². The number of aryl methyl sites for hydroxylation is 1. The first kappa shape index (κ1) is 14.9. The molecule has 0 spiro atoms. The van der Waals surface area contributed by atoms with E-state index in [0.29, 0.717) is 12.1 Å². The average Bonchev–Trinajstić information content (AvgIpc) is 2.95. The van der Waals surface area contributed by atoms with Crippen molar-refractivity contribution in [1.29, 1.82) is 0 Å². The van der Waals surface area contributed by atoms with E-state index >= 15 is 0 Å². The van der Waals surface area contributed by atoms with Crippen LogP contribution in [0.25, 0.3) is 22.0 Å². The van der Waals surface area contributed by atoms with Crippen LogP contribution in [0.4, 0.5) is 0 Å². The Bertz CT molecular complexity index is 1130. The van der Waals surface area contributed by atoms with Crippen molar-refractivity contribution in [3.8, 4) is 11.1 Å². The molecule has 118 valence electrons. The van der Waals surface area contributed by atoms with E-state index in [4.69, 9.17) is 11.6 Å². The van der Waals surface area contributed by atoms with E-state index in [1.807, 2.05) is 30.5 Å². The second kappa shape index (κ2) is 5.46. The van der Waals surface area contributed by atoms with Gasteiger partial charge in [0.1, 0.15) is 5.02 Å². The largest absolute Gasteiger partial charge is 0.342 e. The Morgan fingerprint density at radius 3 is 2.38 bits per heavy atom. The predicted molar refractivity (Wildman–Crippen MR) is 97.6 cm³/mol. The molecule has 3 aromatic carbocycles. The Labute approximate surface area is 143 Å². The fraction of sp³-hybridized carbons (Fsp3) is 0.100. The topological polar surface area (TPSA) is 39.1 Å². The van der Waals surface area contributed by atoms with Crippen molar-refractivity contribution in [3.05, 3.63) is 91.3 Å². The van der Waals surface area contributed by atoms with Gasteiger partial charge in [0.15, 0.2) is 0 Å². The van der Waals surface area contributed by atoms with Gasteiger partial charge in [-0.3, -0.25) is 9.59 Å². The van der Waals surface area contributed by atoms with E-state index in [2.05, 4.69) is 35.8 Å². The first-order valence-corrected chi connectivity index (χ1v) is 8.06. The molecule has 0 saturated heterocycles. The summed E-state index contributed by atoms with van der Waals surface area (Å²) in [5.74, 6) is 0. The number of hydrogen-bond donors (Lipinski definition) is 0. The number of rotatable bonds is 3. The number of aromatic nitrogens is 1. The van der Waals surface area contributed by atoms with Crippen LogP contribution in [0.5, 0.6) is 0 Å². The average molecular weight is 336 g/mol. The Balaban J connectivity index is 1.87. The molecule has 1 aromatic heterocycles. The lowest BCUT2D eigenvalue weighted by molar-refractivity contribution is 0.837. The highest BCUT2D eigenvalue weighted by molar-refractivity contribution is 6.34. The summed E-state index contributed by atoms with van der Waals surface area (Å²) in [4.78, 5) is 23.4. The fourth-order valence-corrected chi connectivity index (χ4v) is 3.34. The second-order valence-electron chi connectivity index (χ2n) is 6.02. The number of para-hydroxylation sites is 1. The first-order valence-electron chi connectivity index (χ1n) is 7.69. The predicted octanol–water partition coefficient (Wildman–Crippen LogP) is 3.91. The minimum Gasteiger partial charge on any atom is -0.342 e. The first-order chi connectivity index (χ1) is 11.6. The third-order valence-corrected chi connectivity index (χ3v) is 4.74. The van der Waals surface area contributed by atoms with Crippen LogP contribution in [0.1, 0.15) is 11.1 Å². The Morgan fingerprint density at radius 1 is 0.958 bits per heavy atom. The summed E-state index contributed by atoms with van der Waals surface area (Å²) in [6.45, 7) is 2.74. The van der Waals surface area contributed by atoms with Crippen LogP contribution in [0.2, 0.25) is 5.02 Å². The minimum absolute atomic E-state index is 0.0400. The smallest absolute Gasteiger partial charge is 0.245 e. The van der Waals surface area contributed by atoms with Gasteiger partial charge in [0, 0.05) is 29.2 Å². The molecule has 0 atom stereocenters. The Kier molecular flexibility index (Phi) is 3.39. The third-order valence-electron chi connectivity index (χ3n) is 4.38. The molecule has 0 N–H and O–H groups in total. The van der Waals surface area contributed by atoms with Gasteiger partial charge < -0.3 is 4.57 Å². The molecule has 24 heavy (non-hydrogen) atoms. The summed E-state index contributed by atoms with van der Waals surface area (Å²) in [5, 5.41) is 0.969. The van der Waals surface area contributed by atoms with E-state index in [9.17, 15) is 9.59 Å². The molecule has 4 heteroatoms. The monoisotopic (exact) mass is 335 g/mol. The molecule has 4 rings (SSSR count). The highest BCUT2D eigenvalue weighted by Crippen LogP contribution is 2.32. The summed E-state index contributed by atoms with van der Waals surface area (Å²) in [7, 11) is 0. The van der Waals surface area contributed by atoms with Crippen molar-refractivity contribution < 1.29 is 0 Å². The summed E-state index contributed by atoms with van der Waals surface area (Å²) in [6.07, 6.45) is 1.91. The summed E-state index contributed by atoms with van der Waals surface area (Å²) >= 11 is 5.98. The number of hydrogen-bond acceptors (Lipinski definition) is 2. The third kappa shape index (κ3) is 2.21. The Morgan fingerprint density at radius 2 is 1.67 bits per heavy atom. The lowest BCUT2D eigenvalue weighted by Crippen LogP contribution is -2.33. The molecule has 3 nitrogen and oxygen atoms in total. The molecule has 0 aliphatic carbocycles. The van der Waals surface area contributed by atoms with Crippen molar-refractivity contribution in [3.63, 3.8) is 0 Å². The van der Waals surface area contributed by atoms with Crippen molar-refractivity contribution in [1.82, 2.24) is 4.57 Å². The number of nitrogens with zero attached hydrogens (tertiary/aromatic N) is 1. The molecule has 0 unspecified atom stereocenters. The van der Waals surface area contributed by atoms with Crippen molar-refractivity contribution >= 4 is 22.5 Å². The molecular formula is C20H14ClNO2. The molecule has 0 radical (unpaired) electrons. The van der Waals surface area contributed by atoms with Crippen molar-refractivity contribution in [2.45, 2.75) is 13.5 Å². The van der Waals surface area contributed by atoms with Crippen molar-refractivity contribution in [2.75, 3.05) is 0 Å². The molecule has 1 heterocycles. The lowest BCUT2D eigenvalue weighted by atomic mass is 10.0. The van der Waals surface area contributed by atoms with Crippen LogP contribution in [-0.4, -0.2) is 4.57 Å². The normalized spacial score (nSPS) is 11.4. The minimum atomic E-state index is -0.595. The van der Waals surface area contributed by atoms with E-state index < -0.39 is 10.9 Å². The van der Waals surface area contributed by atoms with Gasteiger partial charge in [0.05, 0.1) is 5.56 Å². The number of halogens is 1. The SMILES string of the molecule is Cc1ccc(Cn2cc(-c3c(Cl)c(=O)c3=O)c3ccccc32)cc1. The zero-order chi connectivity index (χ0) is 16.8. The fourth-order valence-electron chi connectivity index (χ4n) is 3.07. The standard InChI is InChI=1S/C20H14ClNO2/c1-12-6-8-13(9-7-12)10-22-11-15(14-4-2-3-5-16(14)22)17-18(21)20(24)19(17)23/h2-9,11H,10H2,1H3. The van der Waals surface area contributed by atoms with E-state index in [1.54, 1.807) is 0 Å². The second-order valence-corrected chi connectivity index (χ2v) is 6.40. The van der Waals surface area contributed by atoms with Gasteiger partial charge >= 0.3 is 0 Å². The van der Waals surface area contributed by atoms with E-state index in [1.165, 1.54) is 11.1 Å². The maximum absolute atomic E-state index is 11.9. The number of benzene rings is 2. The van der Waals surface area contributed by atoms with Gasteiger partial charge in [0.2, 0.25) is 10.9 Å². The summed E-state index contributed by atoms with van der Waals surface area (Å²) in [6, 6.07) is 16.2. The maximum Gasteiger partial charge on any atom is 0.245 e. The maximum atomic E-state index is 11.9. The van der Waals surface area contributed by atoms with Gasteiger partial charge in [-0.25, -0.2) is 0 Å². The molecule has 0 aliphatic rings. The van der Waals surface area contributed by atoms with Gasteiger partial charge in [0.25, 0.3) is 0 Å². The molecule has 0 amide bonds. The van der Waals surface area contributed by atoms with Crippen LogP contribution in [-0.2, 0) is 6.54 Å². The molecule has 4 aromatic rings. The summed E-state index contributed by atoms with van der Waals surface area (Å²) in [5.41, 5.74) is 3.36. The summed E-state index contributed by atoms with van der Waals surface area (Å²) < 4.78 is 2.09. The van der Waals surface area contributed by atoms with Crippen LogP contribution >= 0.6 is 11.6 Å².